The van der Waals surface area contributed by atoms with E-state index in [1.54, 1.807) is 0 Å². The van der Waals surface area contributed by atoms with Gasteiger partial charge in [0.25, 0.3) is 0 Å². The third-order valence-electron chi connectivity index (χ3n) is 4.95. The first-order valence-corrected chi connectivity index (χ1v) is 9.37. The summed E-state index contributed by atoms with van der Waals surface area (Å²) in [5.41, 5.74) is -1.40. The van der Waals surface area contributed by atoms with Crippen LogP contribution in [-0.2, 0) is 15.4 Å². The van der Waals surface area contributed by atoms with Crippen molar-refractivity contribution in [2.75, 3.05) is 5.75 Å². The van der Waals surface area contributed by atoms with Gasteiger partial charge in [-0.1, -0.05) is 0 Å². The molecule has 1 aliphatic carbocycles. The van der Waals surface area contributed by atoms with Crippen LogP contribution in [0.3, 0.4) is 0 Å². The summed E-state index contributed by atoms with van der Waals surface area (Å²) in [6.45, 7) is 1.42. The van der Waals surface area contributed by atoms with Gasteiger partial charge in [0.15, 0.2) is 9.84 Å². The Labute approximate surface area is 143 Å². The minimum absolute atomic E-state index is 0.0560. The molecule has 1 aliphatic heterocycles. The molecule has 3 rings (SSSR count). The molecular formula is C16H17FN2O5S. The lowest BCUT2D eigenvalue weighted by molar-refractivity contribution is 0.112. The molecule has 1 aromatic carbocycles. The Morgan fingerprint density at radius 3 is 2.60 bits per heavy atom. The third-order valence-corrected chi connectivity index (χ3v) is 7.68. The van der Waals surface area contributed by atoms with Crippen molar-refractivity contribution in [2.45, 2.75) is 36.5 Å². The Morgan fingerprint density at radius 2 is 2.08 bits per heavy atom. The molecule has 1 aromatic rings. The average molecular weight is 368 g/mol. The van der Waals surface area contributed by atoms with Gasteiger partial charge in [-0.25, -0.2) is 17.6 Å². The Morgan fingerprint density at radius 1 is 1.40 bits per heavy atom. The Bertz CT molecular complexity index is 892. The van der Waals surface area contributed by atoms with Gasteiger partial charge in [0.2, 0.25) is 0 Å². The highest BCUT2D eigenvalue weighted by Crippen LogP contribution is 2.47. The molecule has 0 bridgehead atoms. The van der Waals surface area contributed by atoms with Gasteiger partial charge >= 0.3 is 6.09 Å². The second-order valence-corrected chi connectivity index (χ2v) is 8.93. The topological polar surface area (TPSA) is 113 Å². The Balaban J connectivity index is 2.21. The van der Waals surface area contributed by atoms with Crippen LogP contribution in [0.15, 0.2) is 23.2 Å². The summed E-state index contributed by atoms with van der Waals surface area (Å²) >= 11 is 0. The van der Waals surface area contributed by atoms with Gasteiger partial charge in [0.1, 0.15) is 28.2 Å². The minimum Gasteiger partial charge on any atom is -0.465 e. The number of nitrogens with zero attached hydrogens (tertiary/aromatic N) is 1. The van der Waals surface area contributed by atoms with Crippen molar-refractivity contribution >= 4 is 28.1 Å². The summed E-state index contributed by atoms with van der Waals surface area (Å²) in [7, 11) is -3.78. The van der Waals surface area contributed by atoms with E-state index in [0.29, 0.717) is 12.7 Å². The number of nitrogens with one attached hydrogen (secondary N) is 1. The van der Waals surface area contributed by atoms with Crippen LogP contribution in [0.4, 0.5) is 9.18 Å². The number of hydrogen-bond acceptors (Lipinski definition) is 5. The molecule has 1 fully saturated rings. The summed E-state index contributed by atoms with van der Waals surface area (Å²) in [5, 5.41) is 11.2. The van der Waals surface area contributed by atoms with Gasteiger partial charge in [0.05, 0.1) is 5.75 Å². The number of carboxylic acid groups (broad SMARTS) is 1. The number of aldehydes is 1. The van der Waals surface area contributed by atoms with Crippen molar-refractivity contribution in [1.82, 2.24) is 5.32 Å². The second kappa shape index (κ2) is 5.62. The van der Waals surface area contributed by atoms with Crippen molar-refractivity contribution < 1.29 is 27.5 Å². The standard InChI is InChI=1S/C16H17FN2O5S/c1-15(11-7-10(8-20)3-4-12(11)17)9-25(23,24)16(5-2-6-16)13(19-15)18-14(21)22/h3-4,7-8H,2,5-6,9H2,1H3,(H,18,19)(H,21,22). The highest BCUT2D eigenvalue weighted by molar-refractivity contribution is 7.93. The molecule has 0 saturated heterocycles. The van der Waals surface area contributed by atoms with Gasteiger partial charge in [-0.15, -0.1) is 0 Å². The van der Waals surface area contributed by atoms with E-state index < -0.39 is 37.8 Å². The van der Waals surface area contributed by atoms with Crippen LogP contribution < -0.4 is 5.32 Å². The molecule has 2 N–H and O–H groups in total. The number of aliphatic imine (C=N–C) groups is 1. The highest BCUT2D eigenvalue weighted by atomic mass is 32.2. The lowest BCUT2D eigenvalue weighted by Gasteiger charge is -2.47. The molecule has 1 saturated carbocycles. The smallest absolute Gasteiger partial charge is 0.410 e. The number of amides is 1. The fourth-order valence-electron chi connectivity index (χ4n) is 3.49. The molecule has 1 atom stereocenters. The van der Waals surface area contributed by atoms with Crippen LogP contribution in [0.1, 0.15) is 42.1 Å². The largest absolute Gasteiger partial charge is 0.465 e. The van der Waals surface area contributed by atoms with Gasteiger partial charge in [-0.05, 0) is 44.4 Å². The molecule has 1 heterocycles. The molecule has 9 heteroatoms. The molecule has 25 heavy (non-hydrogen) atoms. The molecule has 134 valence electrons. The van der Waals surface area contributed by atoms with E-state index in [0.717, 1.165) is 6.07 Å². The van der Waals surface area contributed by atoms with E-state index in [9.17, 15) is 22.4 Å². The summed E-state index contributed by atoms with van der Waals surface area (Å²) in [6, 6.07) is 3.60. The van der Waals surface area contributed by atoms with Crippen LogP contribution in [0.25, 0.3) is 0 Å². The molecule has 1 amide bonds. The highest BCUT2D eigenvalue weighted by Gasteiger charge is 2.59. The Hall–Kier alpha value is -2.29. The normalized spacial score (nSPS) is 26.4. The predicted octanol–water partition coefficient (Wildman–Crippen LogP) is 1.87. The maximum atomic E-state index is 14.3. The first-order chi connectivity index (χ1) is 11.6. The molecule has 7 nitrogen and oxygen atoms in total. The maximum Gasteiger partial charge on any atom is 0.410 e. The molecule has 1 spiro atoms. The number of sulfone groups is 1. The van der Waals surface area contributed by atoms with Gasteiger partial charge in [-0.3, -0.25) is 15.1 Å². The van der Waals surface area contributed by atoms with Crippen LogP contribution in [-0.4, -0.2) is 42.2 Å². The summed E-state index contributed by atoms with van der Waals surface area (Å²) in [5.74, 6) is -1.33. The average Bonchev–Trinajstić information content (AvgIpc) is 2.43. The number of halogens is 1. The maximum absolute atomic E-state index is 14.3. The van der Waals surface area contributed by atoms with Crippen molar-refractivity contribution in [3.63, 3.8) is 0 Å². The van der Waals surface area contributed by atoms with E-state index >= 15 is 0 Å². The zero-order chi connectivity index (χ0) is 18.5. The molecular weight excluding hydrogens is 351 g/mol. The minimum atomic E-state index is -3.78. The monoisotopic (exact) mass is 368 g/mol. The number of carbonyl (C=O) groups is 2. The third kappa shape index (κ3) is 2.62. The van der Waals surface area contributed by atoms with E-state index in [2.05, 4.69) is 10.3 Å². The van der Waals surface area contributed by atoms with E-state index in [1.165, 1.54) is 19.1 Å². The summed E-state index contributed by atoms with van der Waals surface area (Å²) in [6.07, 6.45) is 0.303. The number of benzene rings is 1. The van der Waals surface area contributed by atoms with Crippen molar-refractivity contribution in [2.24, 2.45) is 4.99 Å². The lowest BCUT2D eigenvalue weighted by atomic mass is 9.82. The van der Waals surface area contributed by atoms with Crippen molar-refractivity contribution in [1.29, 1.82) is 0 Å². The van der Waals surface area contributed by atoms with E-state index in [4.69, 9.17) is 5.11 Å². The van der Waals surface area contributed by atoms with Crippen molar-refractivity contribution in [3.8, 4) is 0 Å². The number of rotatable bonds is 2. The van der Waals surface area contributed by atoms with E-state index in [-0.39, 0.29) is 29.8 Å². The second-order valence-electron chi connectivity index (χ2n) is 6.63. The fourth-order valence-corrected chi connectivity index (χ4v) is 6.03. The molecule has 1 unspecified atom stereocenters. The first kappa shape index (κ1) is 17.5. The molecule has 0 aromatic heterocycles. The number of carbonyl (C=O) groups excluding carboxylic acids is 1. The van der Waals surface area contributed by atoms with Crippen LogP contribution in [0.2, 0.25) is 0 Å². The number of amidine groups is 1. The molecule has 0 radical (unpaired) electrons. The summed E-state index contributed by atoms with van der Waals surface area (Å²) < 4.78 is 38.9. The Kier molecular flexibility index (Phi) is 3.94. The summed E-state index contributed by atoms with van der Waals surface area (Å²) in [4.78, 5) is 26.4. The number of hydrogen-bond donors (Lipinski definition) is 2. The van der Waals surface area contributed by atoms with Crippen molar-refractivity contribution in [3.05, 3.63) is 35.1 Å². The predicted molar refractivity (Wildman–Crippen MR) is 88.1 cm³/mol. The van der Waals surface area contributed by atoms with E-state index in [1.807, 2.05) is 0 Å². The fraction of sp³-hybridized carbons (Fsp3) is 0.438. The van der Waals surface area contributed by atoms with Crippen LogP contribution in [0.5, 0.6) is 0 Å². The van der Waals surface area contributed by atoms with Gasteiger partial charge in [0, 0.05) is 11.1 Å². The zero-order valence-corrected chi connectivity index (χ0v) is 14.3. The van der Waals surface area contributed by atoms with Crippen LogP contribution >= 0.6 is 0 Å². The molecule has 2 aliphatic rings. The first-order valence-electron chi connectivity index (χ1n) is 7.71. The lowest BCUT2D eigenvalue weighted by Crippen LogP contribution is -2.63. The van der Waals surface area contributed by atoms with Gasteiger partial charge in [-0.2, -0.15) is 0 Å². The van der Waals surface area contributed by atoms with Gasteiger partial charge < -0.3 is 5.11 Å². The zero-order valence-electron chi connectivity index (χ0n) is 13.5. The van der Waals surface area contributed by atoms with Crippen LogP contribution in [0, 0.1) is 5.82 Å². The SMILES string of the molecule is CC1(c2cc(C=O)ccc2F)CS(=O)(=O)C2(CCC2)C(NC(=O)O)=N1. The quantitative estimate of drug-likeness (QED) is 0.774.